The molecule has 0 amide bonds. The predicted octanol–water partition coefficient (Wildman–Crippen LogP) is 4.06. The predicted molar refractivity (Wildman–Crippen MR) is 96.8 cm³/mol. The Morgan fingerprint density at radius 2 is 1.37 bits per heavy atom. The summed E-state index contributed by atoms with van der Waals surface area (Å²) < 4.78 is 113. The van der Waals surface area contributed by atoms with Gasteiger partial charge in [-0.2, -0.15) is 26.3 Å². The lowest BCUT2D eigenvalue weighted by Crippen LogP contribution is -2.32. The van der Waals surface area contributed by atoms with Crippen molar-refractivity contribution in [2.24, 2.45) is 0 Å². The topological polar surface area (TPSA) is 71.5 Å². The summed E-state index contributed by atoms with van der Waals surface area (Å²) in [5, 5.41) is 0. The Balaban J connectivity index is 1.87. The molecule has 0 aromatic heterocycles. The number of rotatable bonds is 7. The second-order valence-electron chi connectivity index (χ2n) is 6.75. The van der Waals surface area contributed by atoms with Crippen LogP contribution < -0.4 is 0 Å². The molecule has 30 heavy (non-hydrogen) atoms. The van der Waals surface area contributed by atoms with Crippen LogP contribution in [-0.2, 0) is 32.6 Å². The number of sulfonamides is 1. The number of benzene rings is 2. The van der Waals surface area contributed by atoms with Crippen molar-refractivity contribution in [2.45, 2.75) is 47.2 Å². The van der Waals surface area contributed by atoms with Crippen LogP contribution in [-0.4, -0.2) is 32.9 Å². The summed E-state index contributed by atoms with van der Waals surface area (Å²) in [5.74, 6) is -3.64. The highest BCUT2D eigenvalue weighted by Crippen LogP contribution is 2.35. The largest absolute Gasteiger partial charge is 0.416 e. The van der Waals surface area contributed by atoms with Crippen LogP contribution in [0.4, 0.5) is 22.0 Å². The van der Waals surface area contributed by atoms with E-state index >= 15 is 0 Å². The number of hydrogen-bond donors (Lipinski definition) is 0. The fourth-order valence-corrected chi connectivity index (χ4v) is 5.19. The van der Waals surface area contributed by atoms with E-state index in [1.165, 1.54) is 12.1 Å². The first-order valence-corrected chi connectivity index (χ1v) is 11.6. The van der Waals surface area contributed by atoms with Crippen molar-refractivity contribution in [1.82, 2.24) is 4.31 Å². The molecular formula is C18H16F5NO4S2. The van der Waals surface area contributed by atoms with Crippen LogP contribution in [0.2, 0.25) is 0 Å². The van der Waals surface area contributed by atoms with Crippen molar-refractivity contribution in [3.63, 3.8) is 0 Å². The SMILES string of the molecule is O=S(=O)(c1ccc(S(=O)(=O)N(Cc2ccc(C(F)(F)F)cc2)C2CC2)cc1)C(F)F. The molecule has 0 bridgehead atoms. The first-order valence-electron chi connectivity index (χ1n) is 8.63. The minimum Gasteiger partial charge on any atom is -0.218 e. The Bertz CT molecular complexity index is 1110. The van der Waals surface area contributed by atoms with Crippen LogP contribution in [0.3, 0.4) is 0 Å². The third-order valence-electron chi connectivity index (χ3n) is 4.57. The molecule has 1 aliphatic carbocycles. The van der Waals surface area contributed by atoms with Crippen LogP contribution in [0.15, 0.2) is 58.3 Å². The molecule has 0 aliphatic heterocycles. The molecule has 0 unspecified atom stereocenters. The third kappa shape index (κ3) is 4.65. The van der Waals surface area contributed by atoms with E-state index in [4.69, 9.17) is 0 Å². The highest BCUT2D eigenvalue weighted by atomic mass is 32.2. The Kier molecular flexibility index (Phi) is 5.95. The summed E-state index contributed by atoms with van der Waals surface area (Å²) in [5.41, 5.74) is -0.515. The number of halogens is 5. The van der Waals surface area contributed by atoms with E-state index in [1.807, 2.05) is 0 Å². The Morgan fingerprint density at radius 3 is 1.80 bits per heavy atom. The molecule has 2 aromatic rings. The molecule has 1 fully saturated rings. The van der Waals surface area contributed by atoms with Crippen molar-refractivity contribution in [1.29, 1.82) is 0 Å². The molecule has 0 radical (unpaired) electrons. The highest BCUT2D eigenvalue weighted by Gasteiger charge is 2.38. The van der Waals surface area contributed by atoms with Gasteiger partial charge in [-0.05, 0) is 54.8 Å². The second kappa shape index (κ2) is 7.89. The van der Waals surface area contributed by atoms with Crippen LogP contribution in [0.1, 0.15) is 24.0 Å². The van der Waals surface area contributed by atoms with Crippen molar-refractivity contribution >= 4 is 19.9 Å². The maximum absolute atomic E-state index is 13.0. The quantitative estimate of drug-likeness (QED) is 0.574. The minimum atomic E-state index is -4.86. The molecule has 0 spiro atoms. The van der Waals surface area contributed by atoms with E-state index in [0.717, 1.165) is 40.7 Å². The molecule has 0 N–H and O–H groups in total. The van der Waals surface area contributed by atoms with Crippen LogP contribution in [0, 0.1) is 0 Å². The maximum Gasteiger partial charge on any atom is 0.416 e. The van der Waals surface area contributed by atoms with Crippen molar-refractivity contribution in [2.75, 3.05) is 0 Å². The zero-order valence-electron chi connectivity index (χ0n) is 15.2. The Hall–Kier alpha value is -2.05. The summed E-state index contributed by atoms with van der Waals surface area (Å²) in [6.07, 6.45) is -3.38. The molecule has 1 aliphatic rings. The highest BCUT2D eigenvalue weighted by molar-refractivity contribution is 7.91. The van der Waals surface area contributed by atoms with Gasteiger partial charge >= 0.3 is 11.9 Å². The lowest BCUT2D eigenvalue weighted by Gasteiger charge is -2.22. The summed E-state index contributed by atoms with van der Waals surface area (Å²) in [7, 11) is -8.99. The zero-order valence-corrected chi connectivity index (χ0v) is 16.8. The van der Waals surface area contributed by atoms with E-state index in [1.54, 1.807) is 0 Å². The molecule has 3 rings (SSSR count). The van der Waals surface area contributed by atoms with Crippen LogP contribution in [0.25, 0.3) is 0 Å². The molecule has 0 saturated heterocycles. The fraction of sp³-hybridized carbons (Fsp3) is 0.333. The molecule has 2 aromatic carbocycles. The molecular weight excluding hydrogens is 453 g/mol. The average Bonchev–Trinajstić information content (AvgIpc) is 3.50. The third-order valence-corrected chi connectivity index (χ3v) is 7.88. The van der Waals surface area contributed by atoms with Crippen molar-refractivity contribution < 1.29 is 38.8 Å². The van der Waals surface area contributed by atoms with E-state index in [2.05, 4.69) is 0 Å². The van der Waals surface area contributed by atoms with Gasteiger partial charge < -0.3 is 0 Å². The summed E-state index contributed by atoms with van der Waals surface area (Å²) in [6.45, 7) is -0.178. The van der Waals surface area contributed by atoms with Gasteiger partial charge in [-0.3, -0.25) is 0 Å². The summed E-state index contributed by atoms with van der Waals surface area (Å²) in [6, 6.07) is 7.17. The molecule has 5 nitrogen and oxygen atoms in total. The Morgan fingerprint density at radius 1 is 0.867 bits per heavy atom. The monoisotopic (exact) mass is 469 g/mol. The molecule has 1 saturated carbocycles. The number of nitrogens with zero attached hydrogens (tertiary/aromatic N) is 1. The lowest BCUT2D eigenvalue weighted by atomic mass is 10.1. The summed E-state index contributed by atoms with van der Waals surface area (Å²) in [4.78, 5) is -1.01. The standard InChI is InChI=1S/C18H16F5NO4S2/c19-17(20)29(25,26)15-7-9-16(10-8-15)30(27,28)24(14-5-6-14)11-12-1-3-13(4-2-12)18(21,22)23/h1-4,7-10,14,17H,5-6,11H2. The van der Waals surface area contributed by atoms with Gasteiger partial charge in [-0.15, -0.1) is 0 Å². The van der Waals surface area contributed by atoms with E-state index < -0.39 is 42.3 Å². The summed E-state index contributed by atoms with van der Waals surface area (Å²) >= 11 is 0. The van der Waals surface area contributed by atoms with E-state index in [9.17, 15) is 38.8 Å². The van der Waals surface area contributed by atoms with Crippen LogP contribution in [0.5, 0.6) is 0 Å². The van der Waals surface area contributed by atoms with Crippen molar-refractivity contribution in [3.05, 3.63) is 59.7 Å². The first-order chi connectivity index (χ1) is 13.8. The number of sulfone groups is 1. The minimum absolute atomic E-state index is 0.178. The smallest absolute Gasteiger partial charge is 0.218 e. The van der Waals surface area contributed by atoms with Gasteiger partial charge in [0.1, 0.15) is 0 Å². The first kappa shape index (κ1) is 22.6. The molecule has 0 atom stereocenters. The Labute approximate surface area is 170 Å². The van der Waals surface area contributed by atoms with Gasteiger partial charge in [0.25, 0.3) is 0 Å². The zero-order chi connectivity index (χ0) is 22.3. The van der Waals surface area contributed by atoms with Crippen molar-refractivity contribution in [3.8, 4) is 0 Å². The number of alkyl halides is 5. The van der Waals surface area contributed by atoms with Gasteiger partial charge in [0.05, 0.1) is 15.4 Å². The number of hydrogen-bond acceptors (Lipinski definition) is 4. The molecule has 12 heteroatoms. The second-order valence-corrected chi connectivity index (χ2v) is 10.6. The maximum atomic E-state index is 13.0. The van der Waals surface area contributed by atoms with Gasteiger partial charge in [0.2, 0.25) is 19.9 Å². The van der Waals surface area contributed by atoms with Gasteiger partial charge in [-0.25, -0.2) is 16.8 Å². The van der Waals surface area contributed by atoms with E-state index in [0.29, 0.717) is 18.4 Å². The van der Waals surface area contributed by atoms with Gasteiger partial charge in [0, 0.05) is 12.6 Å². The van der Waals surface area contributed by atoms with Gasteiger partial charge in [0.15, 0.2) is 0 Å². The van der Waals surface area contributed by atoms with Crippen LogP contribution >= 0.6 is 0 Å². The normalized spacial score (nSPS) is 15.7. The van der Waals surface area contributed by atoms with E-state index in [-0.39, 0.29) is 17.5 Å². The fourth-order valence-electron chi connectivity index (χ4n) is 2.79. The molecule has 0 heterocycles. The average molecular weight is 469 g/mol. The molecule has 164 valence electrons. The lowest BCUT2D eigenvalue weighted by molar-refractivity contribution is -0.137. The van der Waals surface area contributed by atoms with Gasteiger partial charge in [-0.1, -0.05) is 12.1 Å².